The molecule has 0 fully saturated rings. The maximum absolute atomic E-state index is 10.9. The normalized spacial score (nSPS) is 12.1. The first-order valence-electron chi connectivity index (χ1n) is 5.70. The van der Waals surface area contributed by atoms with E-state index in [2.05, 4.69) is 23.7 Å². The van der Waals surface area contributed by atoms with E-state index >= 15 is 0 Å². The standard InChI is InChI=1S/C14H15NO2S/c1-9-7-11(14(16)17)3-4-13(9)15-10(2)12-5-6-18-8-12/h3-8,10,15H,1-2H3,(H,16,17). The number of nitrogens with one attached hydrogen (secondary N) is 1. The predicted octanol–water partition coefficient (Wildman–Crippen LogP) is 3.93. The van der Waals surface area contributed by atoms with Crippen LogP contribution in [0.4, 0.5) is 5.69 Å². The molecule has 3 nitrogen and oxygen atoms in total. The second-order valence-electron chi connectivity index (χ2n) is 4.26. The van der Waals surface area contributed by atoms with Gasteiger partial charge in [-0.25, -0.2) is 4.79 Å². The van der Waals surface area contributed by atoms with Crippen LogP contribution >= 0.6 is 11.3 Å². The van der Waals surface area contributed by atoms with Crippen LogP contribution in [0.2, 0.25) is 0 Å². The Morgan fingerprint density at radius 3 is 2.72 bits per heavy atom. The molecule has 0 aliphatic heterocycles. The number of carboxylic acid groups (broad SMARTS) is 1. The molecular formula is C14H15NO2S. The highest BCUT2D eigenvalue weighted by Gasteiger charge is 2.09. The number of hydrogen-bond donors (Lipinski definition) is 2. The van der Waals surface area contributed by atoms with Crippen LogP contribution in [0, 0.1) is 6.92 Å². The third kappa shape index (κ3) is 2.71. The molecule has 18 heavy (non-hydrogen) atoms. The molecule has 94 valence electrons. The zero-order chi connectivity index (χ0) is 13.1. The fourth-order valence-corrected chi connectivity index (χ4v) is 2.55. The lowest BCUT2D eigenvalue weighted by molar-refractivity contribution is 0.0697. The predicted molar refractivity (Wildman–Crippen MR) is 74.5 cm³/mol. The van der Waals surface area contributed by atoms with Crippen molar-refractivity contribution in [1.29, 1.82) is 0 Å². The van der Waals surface area contributed by atoms with Crippen molar-refractivity contribution >= 4 is 23.0 Å². The molecule has 2 rings (SSSR count). The molecule has 0 amide bonds. The van der Waals surface area contributed by atoms with Gasteiger partial charge in [-0.3, -0.25) is 0 Å². The molecule has 0 aliphatic carbocycles. The highest BCUT2D eigenvalue weighted by molar-refractivity contribution is 7.07. The van der Waals surface area contributed by atoms with Gasteiger partial charge in [-0.05, 0) is 60.0 Å². The first-order chi connectivity index (χ1) is 8.58. The van der Waals surface area contributed by atoms with E-state index in [9.17, 15) is 4.79 Å². The summed E-state index contributed by atoms with van der Waals surface area (Å²) in [6.45, 7) is 4.00. The molecule has 0 saturated carbocycles. The monoisotopic (exact) mass is 261 g/mol. The van der Waals surface area contributed by atoms with Crippen LogP contribution in [0.3, 0.4) is 0 Å². The van der Waals surface area contributed by atoms with Crippen molar-refractivity contribution in [1.82, 2.24) is 0 Å². The second-order valence-corrected chi connectivity index (χ2v) is 5.04. The van der Waals surface area contributed by atoms with Gasteiger partial charge >= 0.3 is 5.97 Å². The van der Waals surface area contributed by atoms with E-state index in [4.69, 9.17) is 5.11 Å². The highest BCUT2D eigenvalue weighted by atomic mass is 32.1. The van der Waals surface area contributed by atoms with Crippen LogP contribution in [0.25, 0.3) is 0 Å². The number of thiophene rings is 1. The van der Waals surface area contributed by atoms with E-state index in [1.54, 1.807) is 23.5 Å². The minimum Gasteiger partial charge on any atom is -0.478 e. The third-order valence-corrected chi connectivity index (χ3v) is 3.59. The number of benzene rings is 1. The van der Waals surface area contributed by atoms with E-state index < -0.39 is 5.97 Å². The highest BCUT2D eigenvalue weighted by Crippen LogP contribution is 2.24. The number of hydrogen-bond acceptors (Lipinski definition) is 3. The summed E-state index contributed by atoms with van der Waals surface area (Å²) < 4.78 is 0. The third-order valence-electron chi connectivity index (χ3n) is 2.89. The van der Waals surface area contributed by atoms with Gasteiger partial charge in [0, 0.05) is 11.7 Å². The second kappa shape index (κ2) is 5.23. The summed E-state index contributed by atoms with van der Waals surface area (Å²) in [6, 6.07) is 7.43. The zero-order valence-electron chi connectivity index (χ0n) is 10.3. The van der Waals surface area contributed by atoms with E-state index in [0.29, 0.717) is 5.56 Å². The molecule has 1 atom stereocenters. The number of aryl methyl sites for hydroxylation is 1. The van der Waals surface area contributed by atoms with Crippen molar-refractivity contribution in [3.8, 4) is 0 Å². The fourth-order valence-electron chi connectivity index (χ4n) is 1.80. The molecule has 1 aromatic heterocycles. The maximum Gasteiger partial charge on any atom is 0.335 e. The van der Waals surface area contributed by atoms with Gasteiger partial charge in [0.2, 0.25) is 0 Å². The minimum atomic E-state index is -0.893. The zero-order valence-corrected chi connectivity index (χ0v) is 11.1. The Hall–Kier alpha value is -1.81. The maximum atomic E-state index is 10.9. The van der Waals surface area contributed by atoms with Gasteiger partial charge in [0.05, 0.1) is 5.56 Å². The molecule has 2 N–H and O–H groups in total. The molecular weight excluding hydrogens is 246 g/mol. The van der Waals surface area contributed by atoms with Crippen LogP contribution < -0.4 is 5.32 Å². The van der Waals surface area contributed by atoms with Gasteiger partial charge < -0.3 is 10.4 Å². The van der Waals surface area contributed by atoms with Crippen molar-refractivity contribution in [2.24, 2.45) is 0 Å². The lowest BCUT2D eigenvalue weighted by atomic mass is 10.1. The molecule has 0 saturated heterocycles. The first kappa shape index (κ1) is 12.6. The van der Waals surface area contributed by atoms with Crippen LogP contribution in [0.15, 0.2) is 35.0 Å². The number of carbonyl (C=O) groups is 1. The van der Waals surface area contributed by atoms with Crippen LogP contribution in [0.5, 0.6) is 0 Å². The van der Waals surface area contributed by atoms with E-state index in [-0.39, 0.29) is 6.04 Å². The van der Waals surface area contributed by atoms with Gasteiger partial charge in [-0.2, -0.15) is 11.3 Å². The van der Waals surface area contributed by atoms with Crippen LogP contribution in [0.1, 0.15) is 34.5 Å². The molecule has 1 aromatic carbocycles. The van der Waals surface area contributed by atoms with Crippen molar-refractivity contribution in [3.63, 3.8) is 0 Å². The van der Waals surface area contributed by atoms with E-state index in [1.165, 1.54) is 5.56 Å². The van der Waals surface area contributed by atoms with Crippen LogP contribution in [-0.4, -0.2) is 11.1 Å². The Morgan fingerprint density at radius 1 is 1.39 bits per heavy atom. The summed E-state index contributed by atoms with van der Waals surface area (Å²) in [5.41, 5.74) is 3.47. The fraction of sp³-hybridized carbons (Fsp3) is 0.214. The Bertz CT molecular complexity index is 549. The van der Waals surface area contributed by atoms with Crippen molar-refractivity contribution in [2.45, 2.75) is 19.9 Å². The largest absolute Gasteiger partial charge is 0.478 e. The Kier molecular flexibility index (Phi) is 3.67. The van der Waals surface area contributed by atoms with Gasteiger partial charge in [0.1, 0.15) is 0 Å². The first-order valence-corrected chi connectivity index (χ1v) is 6.65. The summed E-state index contributed by atoms with van der Waals surface area (Å²) in [4.78, 5) is 10.9. The quantitative estimate of drug-likeness (QED) is 0.876. The molecule has 0 radical (unpaired) electrons. The molecule has 0 aliphatic rings. The molecule has 1 unspecified atom stereocenters. The van der Waals surface area contributed by atoms with Gasteiger partial charge in [-0.1, -0.05) is 0 Å². The van der Waals surface area contributed by atoms with Crippen molar-refractivity contribution in [3.05, 3.63) is 51.7 Å². The van der Waals surface area contributed by atoms with E-state index in [0.717, 1.165) is 11.3 Å². The molecule has 1 heterocycles. The summed E-state index contributed by atoms with van der Waals surface area (Å²) >= 11 is 1.67. The molecule has 0 bridgehead atoms. The number of carboxylic acids is 1. The molecule has 0 spiro atoms. The number of rotatable bonds is 4. The Labute approximate surface area is 110 Å². The van der Waals surface area contributed by atoms with Gasteiger partial charge in [0.15, 0.2) is 0 Å². The summed E-state index contributed by atoms with van der Waals surface area (Å²) in [5.74, 6) is -0.893. The number of aromatic carboxylic acids is 1. The summed E-state index contributed by atoms with van der Waals surface area (Å²) in [6.07, 6.45) is 0. The smallest absolute Gasteiger partial charge is 0.335 e. The van der Waals surface area contributed by atoms with Gasteiger partial charge in [0.25, 0.3) is 0 Å². The minimum absolute atomic E-state index is 0.214. The topological polar surface area (TPSA) is 49.3 Å². The van der Waals surface area contributed by atoms with Crippen molar-refractivity contribution in [2.75, 3.05) is 5.32 Å². The van der Waals surface area contributed by atoms with Crippen molar-refractivity contribution < 1.29 is 9.90 Å². The SMILES string of the molecule is Cc1cc(C(=O)O)ccc1NC(C)c1ccsc1. The molecule has 2 aromatic rings. The lowest BCUT2D eigenvalue weighted by Gasteiger charge is -2.16. The molecule has 4 heteroatoms. The van der Waals surface area contributed by atoms with Crippen LogP contribution in [-0.2, 0) is 0 Å². The Balaban J connectivity index is 2.17. The number of anilines is 1. The summed E-state index contributed by atoms with van der Waals surface area (Å²) in [5, 5.41) is 16.5. The summed E-state index contributed by atoms with van der Waals surface area (Å²) in [7, 11) is 0. The Morgan fingerprint density at radius 2 is 2.17 bits per heavy atom. The average Bonchev–Trinajstić information content (AvgIpc) is 2.85. The average molecular weight is 261 g/mol. The van der Waals surface area contributed by atoms with E-state index in [1.807, 2.05) is 18.4 Å². The van der Waals surface area contributed by atoms with Gasteiger partial charge in [-0.15, -0.1) is 0 Å². The lowest BCUT2D eigenvalue weighted by Crippen LogP contribution is -2.07.